The molecule has 2 N–H and O–H groups in total. The first-order chi connectivity index (χ1) is 9.24. The van der Waals surface area contributed by atoms with Gasteiger partial charge < -0.3 is 20.1 Å². The Labute approximate surface area is 117 Å². The predicted molar refractivity (Wildman–Crippen MR) is 77.3 cm³/mol. The van der Waals surface area contributed by atoms with Crippen LogP contribution in [-0.4, -0.2) is 61.5 Å². The van der Waals surface area contributed by atoms with E-state index in [2.05, 4.69) is 10.2 Å². The van der Waals surface area contributed by atoms with E-state index < -0.39 is 0 Å². The van der Waals surface area contributed by atoms with Crippen LogP contribution in [0.15, 0.2) is 0 Å². The molecule has 0 amide bonds. The Morgan fingerprint density at radius 2 is 2.00 bits per heavy atom. The summed E-state index contributed by atoms with van der Waals surface area (Å²) in [6, 6.07) is 0. The van der Waals surface area contributed by atoms with Crippen molar-refractivity contribution in [2.24, 2.45) is 5.92 Å². The van der Waals surface area contributed by atoms with Crippen LogP contribution in [0.5, 0.6) is 0 Å². The summed E-state index contributed by atoms with van der Waals surface area (Å²) in [7, 11) is 0. The highest BCUT2D eigenvalue weighted by atomic mass is 16.5. The Bertz CT molecular complexity index is 234. The fraction of sp³-hybridized carbons (Fsp3) is 1.00. The largest absolute Gasteiger partial charge is 0.392 e. The second kappa shape index (κ2) is 8.20. The number of hydrogen-bond donors (Lipinski definition) is 2. The van der Waals surface area contributed by atoms with Crippen LogP contribution in [0.4, 0.5) is 0 Å². The van der Waals surface area contributed by atoms with Crippen LogP contribution in [0.25, 0.3) is 0 Å². The van der Waals surface area contributed by atoms with Crippen molar-refractivity contribution in [1.82, 2.24) is 10.2 Å². The lowest BCUT2D eigenvalue weighted by molar-refractivity contribution is 0.0159. The van der Waals surface area contributed by atoms with E-state index in [1.165, 1.54) is 32.1 Å². The highest BCUT2D eigenvalue weighted by molar-refractivity contribution is 4.76. The van der Waals surface area contributed by atoms with Gasteiger partial charge in [0.1, 0.15) is 0 Å². The maximum Gasteiger partial charge on any atom is 0.0699 e. The van der Waals surface area contributed by atoms with Crippen molar-refractivity contribution < 1.29 is 9.84 Å². The van der Waals surface area contributed by atoms with Crippen LogP contribution < -0.4 is 5.32 Å². The van der Waals surface area contributed by atoms with Crippen molar-refractivity contribution in [3.63, 3.8) is 0 Å². The Morgan fingerprint density at radius 3 is 2.63 bits per heavy atom. The second-order valence-corrected chi connectivity index (χ2v) is 6.24. The number of aliphatic hydroxyl groups excluding tert-OH is 1. The number of hydrogen-bond acceptors (Lipinski definition) is 4. The average Bonchev–Trinajstić information content (AvgIpc) is 2.41. The molecule has 2 fully saturated rings. The number of piperidine rings is 1. The number of nitrogens with one attached hydrogen (secondary N) is 1. The van der Waals surface area contributed by atoms with Crippen molar-refractivity contribution in [3.05, 3.63) is 0 Å². The zero-order valence-corrected chi connectivity index (χ0v) is 12.3. The molecule has 2 saturated heterocycles. The lowest BCUT2D eigenvalue weighted by atomic mass is 9.96. The number of aliphatic hydroxyl groups is 1. The van der Waals surface area contributed by atoms with Crippen LogP contribution in [0, 0.1) is 5.92 Å². The van der Waals surface area contributed by atoms with Gasteiger partial charge in [-0.2, -0.15) is 0 Å². The molecule has 19 heavy (non-hydrogen) atoms. The van der Waals surface area contributed by atoms with E-state index in [9.17, 15) is 5.11 Å². The molecule has 0 radical (unpaired) electrons. The molecule has 2 unspecified atom stereocenters. The summed E-state index contributed by atoms with van der Waals surface area (Å²) in [4.78, 5) is 2.38. The molecular formula is C15H30N2O2. The van der Waals surface area contributed by atoms with Crippen LogP contribution in [0.2, 0.25) is 0 Å². The van der Waals surface area contributed by atoms with E-state index in [4.69, 9.17) is 4.74 Å². The summed E-state index contributed by atoms with van der Waals surface area (Å²) >= 11 is 0. The Hall–Kier alpha value is -0.160. The Kier molecular flexibility index (Phi) is 6.57. The van der Waals surface area contributed by atoms with Crippen molar-refractivity contribution in [1.29, 1.82) is 0 Å². The van der Waals surface area contributed by atoms with Gasteiger partial charge in [0.05, 0.1) is 12.2 Å². The molecule has 0 aromatic carbocycles. The number of likely N-dealkylation sites (tertiary alicyclic amines) is 1. The fourth-order valence-electron chi connectivity index (χ4n) is 3.16. The topological polar surface area (TPSA) is 44.7 Å². The van der Waals surface area contributed by atoms with Crippen molar-refractivity contribution in [2.45, 2.75) is 51.2 Å². The van der Waals surface area contributed by atoms with Gasteiger partial charge in [-0.3, -0.25) is 0 Å². The SMILES string of the molecule is CC(O)CN1CCC(CNCC2CCCCO2)CC1. The Morgan fingerprint density at radius 1 is 1.21 bits per heavy atom. The molecule has 2 aliphatic rings. The third kappa shape index (κ3) is 5.78. The third-order valence-electron chi connectivity index (χ3n) is 4.31. The number of ether oxygens (including phenoxy) is 1. The van der Waals surface area contributed by atoms with Crippen molar-refractivity contribution in [3.8, 4) is 0 Å². The summed E-state index contributed by atoms with van der Waals surface area (Å²) in [5, 5.41) is 13.0. The van der Waals surface area contributed by atoms with Crippen LogP contribution >= 0.6 is 0 Å². The zero-order valence-electron chi connectivity index (χ0n) is 12.3. The molecule has 2 atom stereocenters. The third-order valence-corrected chi connectivity index (χ3v) is 4.31. The molecule has 0 aliphatic carbocycles. The summed E-state index contributed by atoms with van der Waals surface area (Å²) in [6.07, 6.45) is 6.54. The monoisotopic (exact) mass is 270 g/mol. The van der Waals surface area contributed by atoms with E-state index >= 15 is 0 Å². The van der Waals surface area contributed by atoms with Gasteiger partial charge in [-0.05, 0) is 64.6 Å². The molecule has 0 aromatic heterocycles. The van der Waals surface area contributed by atoms with Crippen LogP contribution in [0.1, 0.15) is 39.0 Å². The normalized spacial score (nSPS) is 28.4. The molecule has 0 spiro atoms. The molecule has 2 rings (SSSR count). The van der Waals surface area contributed by atoms with E-state index in [1.54, 1.807) is 0 Å². The van der Waals surface area contributed by atoms with Gasteiger partial charge >= 0.3 is 0 Å². The maximum absolute atomic E-state index is 9.39. The minimum atomic E-state index is -0.196. The summed E-state index contributed by atoms with van der Waals surface area (Å²) in [6.45, 7) is 8.07. The smallest absolute Gasteiger partial charge is 0.0699 e. The fourth-order valence-corrected chi connectivity index (χ4v) is 3.16. The van der Waals surface area contributed by atoms with Crippen LogP contribution in [-0.2, 0) is 4.74 Å². The first-order valence-corrected chi connectivity index (χ1v) is 7.97. The lowest BCUT2D eigenvalue weighted by Gasteiger charge is -2.33. The maximum atomic E-state index is 9.39. The minimum Gasteiger partial charge on any atom is -0.392 e. The highest BCUT2D eigenvalue weighted by Gasteiger charge is 2.20. The first-order valence-electron chi connectivity index (χ1n) is 7.97. The Balaban J connectivity index is 1.53. The predicted octanol–water partition coefficient (Wildman–Crippen LogP) is 1.24. The van der Waals surface area contributed by atoms with E-state index in [0.717, 1.165) is 45.2 Å². The number of nitrogens with zero attached hydrogens (tertiary/aromatic N) is 1. The zero-order chi connectivity index (χ0) is 13.5. The summed E-state index contributed by atoms with van der Waals surface area (Å²) < 4.78 is 5.73. The van der Waals surface area contributed by atoms with Gasteiger partial charge in [-0.15, -0.1) is 0 Å². The molecule has 0 saturated carbocycles. The molecule has 0 bridgehead atoms. The summed E-state index contributed by atoms with van der Waals surface area (Å²) in [5.41, 5.74) is 0. The van der Waals surface area contributed by atoms with Gasteiger partial charge in [0.25, 0.3) is 0 Å². The van der Waals surface area contributed by atoms with E-state index in [-0.39, 0.29) is 6.10 Å². The van der Waals surface area contributed by atoms with Gasteiger partial charge in [0.15, 0.2) is 0 Å². The van der Waals surface area contributed by atoms with Gasteiger partial charge in [0, 0.05) is 19.7 Å². The molecule has 4 nitrogen and oxygen atoms in total. The molecule has 112 valence electrons. The molecular weight excluding hydrogens is 240 g/mol. The molecule has 2 aliphatic heterocycles. The van der Waals surface area contributed by atoms with Gasteiger partial charge in [-0.1, -0.05) is 0 Å². The summed E-state index contributed by atoms with van der Waals surface area (Å²) in [5.74, 6) is 0.800. The van der Waals surface area contributed by atoms with Crippen molar-refractivity contribution in [2.75, 3.05) is 39.3 Å². The molecule has 2 heterocycles. The van der Waals surface area contributed by atoms with E-state index in [0.29, 0.717) is 6.10 Å². The molecule has 0 aromatic rings. The number of β-amino-alcohol motifs (C(OH)–C–C–N with tert-alkyl or cyclic N) is 1. The van der Waals surface area contributed by atoms with E-state index in [1.807, 2.05) is 6.92 Å². The van der Waals surface area contributed by atoms with Gasteiger partial charge in [0.2, 0.25) is 0 Å². The van der Waals surface area contributed by atoms with Crippen LogP contribution in [0.3, 0.4) is 0 Å². The first kappa shape index (κ1) is 15.2. The number of rotatable bonds is 6. The quantitative estimate of drug-likeness (QED) is 0.762. The second-order valence-electron chi connectivity index (χ2n) is 6.24. The molecule has 4 heteroatoms. The standard InChI is InChI=1S/C15H30N2O2/c1-13(18)12-17-7-5-14(6-8-17)10-16-11-15-4-2-3-9-19-15/h13-16,18H,2-12H2,1H3. The highest BCUT2D eigenvalue weighted by Crippen LogP contribution is 2.17. The lowest BCUT2D eigenvalue weighted by Crippen LogP contribution is -2.41. The van der Waals surface area contributed by atoms with Gasteiger partial charge in [-0.25, -0.2) is 0 Å². The minimum absolute atomic E-state index is 0.196. The average molecular weight is 270 g/mol. The van der Waals surface area contributed by atoms with Crippen molar-refractivity contribution >= 4 is 0 Å².